The van der Waals surface area contributed by atoms with Gasteiger partial charge in [-0.25, -0.2) is 4.98 Å². The highest BCUT2D eigenvalue weighted by atomic mass is 32.2. The van der Waals surface area contributed by atoms with Crippen molar-refractivity contribution in [3.63, 3.8) is 0 Å². The maximum absolute atomic E-state index is 12.5. The molecule has 0 N–H and O–H groups in total. The van der Waals surface area contributed by atoms with Gasteiger partial charge in [-0.15, -0.1) is 0 Å². The number of carbonyl (C=O) groups is 1. The first-order valence-corrected chi connectivity index (χ1v) is 9.44. The van der Waals surface area contributed by atoms with Crippen molar-refractivity contribution in [3.05, 3.63) is 29.8 Å². The first kappa shape index (κ1) is 17.1. The van der Waals surface area contributed by atoms with E-state index in [0.29, 0.717) is 11.8 Å². The van der Waals surface area contributed by atoms with Crippen molar-refractivity contribution in [2.75, 3.05) is 19.4 Å². The van der Waals surface area contributed by atoms with Crippen molar-refractivity contribution in [3.8, 4) is 5.75 Å². The first-order chi connectivity index (χ1) is 11.6. The molecule has 128 valence electrons. The summed E-state index contributed by atoms with van der Waals surface area (Å²) in [4.78, 5) is 19.2. The second kappa shape index (κ2) is 7.43. The number of benzene rings is 1. The first-order valence-electron chi connectivity index (χ1n) is 8.46. The number of nitrogens with zero attached hydrogens (tertiary/aromatic N) is 2. The molecule has 0 radical (unpaired) electrons. The monoisotopic (exact) mass is 344 g/mol. The molecule has 0 bridgehead atoms. The average Bonchev–Trinajstić information content (AvgIpc) is 2.59. The molecule has 3 rings (SSSR count). The number of aryl methyl sites for hydroxylation is 1. The molecule has 2 heterocycles. The van der Waals surface area contributed by atoms with Gasteiger partial charge in [0.15, 0.2) is 0 Å². The molecule has 1 aliphatic heterocycles. The molecule has 2 aromatic rings. The van der Waals surface area contributed by atoms with Gasteiger partial charge in [-0.1, -0.05) is 11.8 Å². The Balaban J connectivity index is 1.72. The summed E-state index contributed by atoms with van der Waals surface area (Å²) < 4.78 is 5.27. The number of rotatable bonds is 4. The van der Waals surface area contributed by atoms with Crippen molar-refractivity contribution in [2.24, 2.45) is 0 Å². The predicted octanol–water partition coefficient (Wildman–Crippen LogP) is 4.04. The highest BCUT2D eigenvalue weighted by Crippen LogP contribution is 2.27. The second-order valence-corrected chi connectivity index (χ2v) is 7.35. The van der Waals surface area contributed by atoms with Gasteiger partial charge in [0.25, 0.3) is 0 Å². The lowest BCUT2D eigenvalue weighted by Crippen LogP contribution is -2.42. The minimum Gasteiger partial charge on any atom is -0.497 e. The Kier molecular flexibility index (Phi) is 5.29. The van der Waals surface area contributed by atoms with Gasteiger partial charge >= 0.3 is 0 Å². The molecule has 1 fully saturated rings. The topological polar surface area (TPSA) is 42.4 Å². The third kappa shape index (κ3) is 3.66. The summed E-state index contributed by atoms with van der Waals surface area (Å²) in [5, 5.41) is 2.00. The number of piperidine rings is 1. The fourth-order valence-corrected chi connectivity index (χ4v) is 4.07. The van der Waals surface area contributed by atoms with Crippen LogP contribution in [0.3, 0.4) is 0 Å². The van der Waals surface area contributed by atoms with Crippen LogP contribution in [0.1, 0.15) is 31.7 Å². The van der Waals surface area contributed by atoms with Crippen molar-refractivity contribution in [1.29, 1.82) is 0 Å². The van der Waals surface area contributed by atoms with E-state index in [1.807, 2.05) is 30.0 Å². The number of likely N-dealkylation sites (tertiary alicyclic amines) is 1. The lowest BCUT2D eigenvalue weighted by Gasteiger charge is -2.33. The zero-order chi connectivity index (χ0) is 17.1. The maximum Gasteiger partial charge on any atom is 0.233 e. The van der Waals surface area contributed by atoms with Crippen LogP contribution in [-0.2, 0) is 4.79 Å². The summed E-state index contributed by atoms with van der Waals surface area (Å²) >= 11 is 1.54. The van der Waals surface area contributed by atoms with Gasteiger partial charge in [0.2, 0.25) is 5.91 Å². The summed E-state index contributed by atoms with van der Waals surface area (Å²) in [7, 11) is 1.67. The van der Waals surface area contributed by atoms with Crippen molar-refractivity contribution in [2.45, 2.75) is 44.2 Å². The Morgan fingerprint density at radius 2 is 2.21 bits per heavy atom. The zero-order valence-corrected chi connectivity index (χ0v) is 15.4. The van der Waals surface area contributed by atoms with E-state index in [1.165, 1.54) is 6.42 Å². The van der Waals surface area contributed by atoms with E-state index in [-0.39, 0.29) is 5.91 Å². The van der Waals surface area contributed by atoms with Gasteiger partial charge in [0.05, 0.1) is 18.4 Å². The van der Waals surface area contributed by atoms with Crippen LogP contribution < -0.4 is 4.74 Å². The van der Waals surface area contributed by atoms with Crippen molar-refractivity contribution in [1.82, 2.24) is 9.88 Å². The van der Waals surface area contributed by atoms with Gasteiger partial charge in [-0.05, 0) is 62.9 Å². The molecule has 4 nitrogen and oxygen atoms in total. The summed E-state index contributed by atoms with van der Waals surface area (Å²) in [6.07, 6.45) is 3.47. The fraction of sp³-hybridized carbons (Fsp3) is 0.474. The van der Waals surface area contributed by atoms with E-state index in [0.717, 1.165) is 46.6 Å². The standard InChI is InChI=1S/C19H24N2O2S/c1-13-10-15-11-16(23-3)7-8-17(15)20-19(13)24-12-18(22)21-9-5-4-6-14(21)2/h7-8,10-11,14H,4-6,9,12H2,1-3H3/t14-/m1/s1. The number of methoxy groups -OCH3 is 1. The SMILES string of the molecule is COc1ccc2nc(SCC(=O)N3CCCC[C@H]3C)c(C)cc2c1. The molecule has 0 aliphatic carbocycles. The van der Waals surface area contributed by atoms with Crippen molar-refractivity contribution >= 4 is 28.6 Å². The van der Waals surface area contributed by atoms with E-state index in [1.54, 1.807) is 18.9 Å². The number of pyridine rings is 1. The number of carbonyl (C=O) groups excluding carboxylic acids is 1. The molecule has 0 unspecified atom stereocenters. The highest BCUT2D eigenvalue weighted by Gasteiger charge is 2.23. The highest BCUT2D eigenvalue weighted by molar-refractivity contribution is 7.99. The number of hydrogen-bond acceptors (Lipinski definition) is 4. The summed E-state index contributed by atoms with van der Waals surface area (Å²) in [5.41, 5.74) is 2.03. The lowest BCUT2D eigenvalue weighted by atomic mass is 10.0. The maximum atomic E-state index is 12.5. The van der Waals surface area contributed by atoms with Crippen LogP contribution in [0.2, 0.25) is 0 Å². The normalized spacial score (nSPS) is 18.0. The minimum absolute atomic E-state index is 0.225. The van der Waals surface area contributed by atoms with Crippen LogP contribution in [-0.4, -0.2) is 41.2 Å². The van der Waals surface area contributed by atoms with Gasteiger partial charge in [0, 0.05) is 18.0 Å². The zero-order valence-electron chi connectivity index (χ0n) is 14.5. The molecule has 1 saturated heterocycles. The van der Waals surface area contributed by atoms with Crippen LogP contribution in [0.15, 0.2) is 29.3 Å². The number of amides is 1. The third-order valence-electron chi connectivity index (χ3n) is 4.62. The molecule has 1 aromatic heterocycles. The Morgan fingerprint density at radius 1 is 1.38 bits per heavy atom. The molecular weight excluding hydrogens is 320 g/mol. The van der Waals surface area contributed by atoms with Crippen LogP contribution in [0.4, 0.5) is 0 Å². The number of hydrogen-bond donors (Lipinski definition) is 0. The number of fused-ring (bicyclic) bond motifs is 1. The Morgan fingerprint density at radius 3 is 2.96 bits per heavy atom. The predicted molar refractivity (Wildman–Crippen MR) is 98.8 cm³/mol. The smallest absolute Gasteiger partial charge is 0.233 e. The molecule has 1 atom stereocenters. The molecule has 24 heavy (non-hydrogen) atoms. The molecule has 1 aliphatic rings. The summed E-state index contributed by atoms with van der Waals surface area (Å²) in [6.45, 7) is 5.08. The molecule has 1 aromatic carbocycles. The van der Waals surface area contributed by atoms with Gasteiger partial charge in [-0.3, -0.25) is 4.79 Å². The third-order valence-corrected chi connectivity index (χ3v) is 5.70. The molecule has 1 amide bonds. The molecule has 5 heteroatoms. The second-order valence-electron chi connectivity index (χ2n) is 6.39. The van der Waals surface area contributed by atoms with Crippen LogP contribution in [0, 0.1) is 6.92 Å². The van der Waals surface area contributed by atoms with E-state index >= 15 is 0 Å². The molecule has 0 saturated carbocycles. The van der Waals surface area contributed by atoms with Gasteiger partial charge in [0.1, 0.15) is 10.8 Å². The number of aromatic nitrogens is 1. The largest absolute Gasteiger partial charge is 0.497 e. The van der Waals surface area contributed by atoms with E-state index < -0.39 is 0 Å². The van der Waals surface area contributed by atoms with Crippen LogP contribution >= 0.6 is 11.8 Å². The fourth-order valence-electron chi connectivity index (χ4n) is 3.20. The van der Waals surface area contributed by atoms with Crippen LogP contribution in [0.5, 0.6) is 5.75 Å². The van der Waals surface area contributed by atoms with E-state index in [2.05, 4.69) is 13.0 Å². The lowest BCUT2D eigenvalue weighted by molar-refractivity contribution is -0.131. The summed E-state index contributed by atoms with van der Waals surface area (Å²) in [5.74, 6) is 1.52. The van der Waals surface area contributed by atoms with E-state index in [9.17, 15) is 4.79 Å². The number of thioether (sulfide) groups is 1. The van der Waals surface area contributed by atoms with Gasteiger partial charge < -0.3 is 9.64 Å². The van der Waals surface area contributed by atoms with Crippen LogP contribution in [0.25, 0.3) is 10.9 Å². The summed E-state index contributed by atoms with van der Waals surface area (Å²) in [6, 6.07) is 8.35. The van der Waals surface area contributed by atoms with Gasteiger partial charge in [-0.2, -0.15) is 0 Å². The Bertz CT molecular complexity index is 747. The van der Waals surface area contributed by atoms with E-state index in [4.69, 9.17) is 9.72 Å². The average molecular weight is 344 g/mol. The molecule has 0 spiro atoms. The minimum atomic E-state index is 0.225. The van der Waals surface area contributed by atoms with Crippen molar-refractivity contribution < 1.29 is 9.53 Å². The Labute approximate surface area is 147 Å². The quantitative estimate of drug-likeness (QED) is 0.785. The Hall–Kier alpha value is -1.75. The number of ether oxygens (including phenoxy) is 1. The molecular formula is C19H24N2O2S.